The molecule has 6 aromatic rings. The fourth-order valence-electron chi connectivity index (χ4n) is 6.60. The summed E-state index contributed by atoms with van der Waals surface area (Å²) in [6.45, 7) is 6.22. The van der Waals surface area contributed by atoms with E-state index in [9.17, 15) is 17.6 Å². The Kier molecular flexibility index (Phi) is 6.65. The van der Waals surface area contributed by atoms with E-state index in [1.54, 1.807) is 25.2 Å². The van der Waals surface area contributed by atoms with Crippen LogP contribution in [-0.4, -0.2) is 44.2 Å². The summed E-state index contributed by atoms with van der Waals surface area (Å²) in [7, 11) is -0.667. The molecule has 234 valence electrons. The van der Waals surface area contributed by atoms with Crippen LogP contribution in [0.2, 0.25) is 0 Å². The molecule has 0 saturated carbocycles. The van der Waals surface area contributed by atoms with Crippen molar-refractivity contribution in [2.75, 3.05) is 24.7 Å². The average Bonchev–Trinajstić information content (AvgIpc) is 3.60. The van der Waals surface area contributed by atoms with Crippen LogP contribution in [0.5, 0.6) is 0 Å². The van der Waals surface area contributed by atoms with E-state index in [1.807, 2.05) is 55.5 Å². The Morgan fingerprint density at radius 1 is 1.04 bits per heavy atom. The standard InChI is InChI=1S/C36H33FN4O4S/c1-20-10-12-21(13-11-20)34-32(35(42)38-4)25-16-24(29(18-31(25)45-34)40(5)46(6,43)44)27-15-14-22-19-36(2,3)41-28-9-7-8-26(37)23(28)17-30(41)33(22)39-27/h7-18H,19H2,1-6H3,(H,38,42). The molecule has 0 unspecified atom stereocenters. The lowest BCUT2D eigenvalue weighted by Crippen LogP contribution is -2.33. The maximum Gasteiger partial charge on any atom is 0.255 e. The predicted molar refractivity (Wildman–Crippen MR) is 180 cm³/mol. The zero-order valence-electron chi connectivity index (χ0n) is 26.4. The molecule has 1 aliphatic heterocycles. The molecule has 0 bridgehead atoms. The highest BCUT2D eigenvalue weighted by atomic mass is 32.2. The molecule has 0 radical (unpaired) electrons. The van der Waals surface area contributed by atoms with Crippen molar-refractivity contribution in [2.24, 2.45) is 0 Å². The number of sulfonamides is 1. The van der Waals surface area contributed by atoms with Crippen molar-refractivity contribution >= 4 is 43.5 Å². The largest absolute Gasteiger partial charge is 0.455 e. The lowest BCUT2D eigenvalue weighted by molar-refractivity contribution is 0.0964. The average molecular weight is 637 g/mol. The number of nitrogens with zero attached hydrogens (tertiary/aromatic N) is 3. The minimum Gasteiger partial charge on any atom is -0.455 e. The summed E-state index contributed by atoms with van der Waals surface area (Å²) in [4.78, 5) is 18.5. The lowest BCUT2D eigenvalue weighted by atomic mass is 9.88. The van der Waals surface area contributed by atoms with Gasteiger partial charge >= 0.3 is 0 Å². The second-order valence-electron chi connectivity index (χ2n) is 12.6. The number of benzene rings is 3. The van der Waals surface area contributed by atoms with Gasteiger partial charge in [-0.3, -0.25) is 9.10 Å². The number of nitrogens with one attached hydrogen (secondary N) is 1. The number of fused-ring (bicyclic) bond motifs is 6. The van der Waals surface area contributed by atoms with E-state index in [0.717, 1.165) is 34.2 Å². The summed E-state index contributed by atoms with van der Waals surface area (Å²) in [6, 6.07) is 21.8. The monoisotopic (exact) mass is 636 g/mol. The van der Waals surface area contributed by atoms with Crippen LogP contribution in [0, 0.1) is 12.7 Å². The van der Waals surface area contributed by atoms with Gasteiger partial charge in [-0.05, 0) is 63.1 Å². The van der Waals surface area contributed by atoms with Gasteiger partial charge in [0.15, 0.2) is 0 Å². The fourth-order valence-corrected chi connectivity index (χ4v) is 7.11. The normalized spacial score (nSPS) is 13.9. The van der Waals surface area contributed by atoms with Crippen LogP contribution < -0.4 is 9.62 Å². The van der Waals surface area contributed by atoms with Gasteiger partial charge < -0.3 is 14.3 Å². The molecule has 3 aromatic carbocycles. The minimum atomic E-state index is -3.70. The molecule has 7 rings (SSSR count). The number of halogens is 1. The number of rotatable bonds is 5. The summed E-state index contributed by atoms with van der Waals surface area (Å²) >= 11 is 0. The number of hydrogen-bond acceptors (Lipinski definition) is 5. The van der Waals surface area contributed by atoms with Gasteiger partial charge in [0, 0.05) is 47.6 Å². The second kappa shape index (κ2) is 10.3. The number of aryl methyl sites for hydroxylation is 1. The van der Waals surface area contributed by atoms with Crippen LogP contribution in [0.4, 0.5) is 10.1 Å². The summed E-state index contributed by atoms with van der Waals surface area (Å²) in [6.07, 6.45) is 1.80. The molecular weight excluding hydrogens is 603 g/mol. The highest BCUT2D eigenvalue weighted by Crippen LogP contribution is 2.45. The van der Waals surface area contributed by atoms with Gasteiger partial charge in [0.1, 0.15) is 17.2 Å². The van der Waals surface area contributed by atoms with Crippen LogP contribution in [0.3, 0.4) is 0 Å². The van der Waals surface area contributed by atoms with Crippen molar-refractivity contribution in [2.45, 2.75) is 32.7 Å². The summed E-state index contributed by atoms with van der Waals surface area (Å²) in [5.74, 6) is -0.259. The molecular formula is C36H33FN4O4S. The van der Waals surface area contributed by atoms with Gasteiger partial charge in [-0.1, -0.05) is 42.0 Å². The topological polar surface area (TPSA) is 97.4 Å². The van der Waals surface area contributed by atoms with Crippen LogP contribution in [-0.2, 0) is 22.0 Å². The van der Waals surface area contributed by atoms with E-state index in [4.69, 9.17) is 9.40 Å². The molecule has 46 heavy (non-hydrogen) atoms. The SMILES string of the molecule is CNC(=O)c1c(-c2ccc(C)cc2)oc2cc(N(C)S(C)(=O)=O)c(-c3ccc4c(n3)-c3cc5c(F)cccc5n3C(C)(C)C4)cc12. The summed E-state index contributed by atoms with van der Waals surface area (Å²) in [5, 5.41) is 3.76. The van der Waals surface area contributed by atoms with E-state index in [0.29, 0.717) is 56.7 Å². The van der Waals surface area contributed by atoms with Crippen molar-refractivity contribution in [1.29, 1.82) is 0 Å². The Hall–Kier alpha value is -4.96. The first kappa shape index (κ1) is 29.7. The van der Waals surface area contributed by atoms with E-state index < -0.39 is 10.0 Å². The van der Waals surface area contributed by atoms with Crippen LogP contribution >= 0.6 is 0 Å². The maximum absolute atomic E-state index is 15.0. The third-order valence-electron chi connectivity index (χ3n) is 8.93. The van der Waals surface area contributed by atoms with Crippen molar-refractivity contribution in [1.82, 2.24) is 14.9 Å². The number of pyridine rings is 1. The molecule has 0 spiro atoms. The number of carbonyl (C=O) groups excluding carboxylic acids is 1. The number of carbonyl (C=O) groups is 1. The van der Waals surface area contributed by atoms with Crippen molar-refractivity contribution < 1.29 is 22.0 Å². The Balaban J connectivity index is 1.51. The lowest BCUT2D eigenvalue weighted by Gasteiger charge is -2.35. The van der Waals surface area contributed by atoms with E-state index in [1.165, 1.54) is 17.4 Å². The predicted octanol–water partition coefficient (Wildman–Crippen LogP) is 7.28. The molecule has 1 amide bonds. The molecule has 0 saturated heterocycles. The molecule has 0 atom stereocenters. The molecule has 0 fully saturated rings. The minimum absolute atomic E-state index is 0.304. The van der Waals surface area contributed by atoms with Gasteiger partial charge in [-0.25, -0.2) is 17.8 Å². The summed E-state index contributed by atoms with van der Waals surface area (Å²) < 4.78 is 50.4. The fraction of sp³-hybridized carbons (Fsp3) is 0.222. The molecule has 4 heterocycles. The van der Waals surface area contributed by atoms with Gasteiger partial charge in [-0.15, -0.1) is 0 Å². The van der Waals surface area contributed by atoms with E-state index in [-0.39, 0.29) is 17.3 Å². The number of hydrogen-bond donors (Lipinski definition) is 1. The Morgan fingerprint density at radius 3 is 2.48 bits per heavy atom. The number of amides is 1. The molecule has 1 N–H and O–H groups in total. The van der Waals surface area contributed by atoms with Crippen molar-refractivity contribution in [3.8, 4) is 34.0 Å². The number of aromatic nitrogens is 2. The number of anilines is 1. The first-order valence-corrected chi connectivity index (χ1v) is 16.8. The van der Waals surface area contributed by atoms with Gasteiger partial charge in [0.2, 0.25) is 10.0 Å². The van der Waals surface area contributed by atoms with Crippen molar-refractivity contribution in [3.63, 3.8) is 0 Å². The van der Waals surface area contributed by atoms with Crippen LogP contribution in [0.15, 0.2) is 77.2 Å². The Bertz CT molecular complexity index is 2340. The first-order chi connectivity index (χ1) is 21.8. The van der Waals surface area contributed by atoms with Crippen LogP contribution in [0.25, 0.3) is 55.8 Å². The maximum atomic E-state index is 15.0. The molecule has 10 heteroatoms. The van der Waals surface area contributed by atoms with Crippen LogP contribution in [0.1, 0.15) is 35.3 Å². The zero-order valence-corrected chi connectivity index (χ0v) is 27.2. The quantitative estimate of drug-likeness (QED) is 0.215. The molecule has 1 aliphatic rings. The van der Waals surface area contributed by atoms with E-state index >= 15 is 0 Å². The number of furan rings is 1. The smallest absolute Gasteiger partial charge is 0.255 e. The molecule has 3 aromatic heterocycles. The second-order valence-corrected chi connectivity index (χ2v) is 14.6. The Labute approximate surface area is 266 Å². The van der Waals surface area contributed by atoms with Gasteiger partial charge in [0.05, 0.1) is 40.1 Å². The highest BCUT2D eigenvalue weighted by Gasteiger charge is 2.34. The zero-order chi connectivity index (χ0) is 32.7. The Morgan fingerprint density at radius 2 is 1.78 bits per heavy atom. The van der Waals surface area contributed by atoms with E-state index in [2.05, 4.69) is 23.7 Å². The van der Waals surface area contributed by atoms with Gasteiger partial charge in [0.25, 0.3) is 5.91 Å². The molecule has 8 nitrogen and oxygen atoms in total. The third-order valence-corrected chi connectivity index (χ3v) is 10.1. The van der Waals surface area contributed by atoms with Gasteiger partial charge in [-0.2, -0.15) is 0 Å². The highest BCUT2D eigenvalue weighted by molar-refractivity contribution is 7.92. The molecule has 0 aliphatic carbocycles. The summed E-state index contributed by atoms with van der Waals surface area (Å²) in [5.41, 5.74) is 6.75. The third kappa shape index (κ3) is 4.58. The van der Waals surface area contributed by atoms with Crippen molar-refractivity contribution in [3.05, 3.63) is 95.3 Å². The first-order valence-electron chi connectivity index (χ1n) is 14.9.